The van der Waals surface area contributed by atoms with E-state index in [1.165, 1.54) is 7.11 Å². The van der Waals surface area contributed by atoms with Crippen LogP contribution in [0.15, 0.2) is 53.5 Å². The van der Waals surface area contributed by atoms with E-state index in [9.17, 15) is 14.9 Å². The van der Waals surface area contributed by atoms with E-state index in [0.29, 0.717) is 32.8 Å². The molecule has 31 heavy (non-hydrogen) atoms. The molecule has 0 radical (unpaired) electrons. The number of benzene rings is 2. The number of hydrogen-bond acceptors (Lipinski definition) is 6. The van der Waals surface area contributed by atoms with Gasteiger partial charge in [0.25, 0.3) is 11.9 Å². The van der Waals surface area contributed by atoms with Crippen LogP contribution in [0.5, 0.6) is 11.5 Å². The number of amides is 1. The first-order chi connectivity index (χ1) is 14.8. The van der Waals surface area contributed by atoms with Crippen LogP contribution in [0, 0.1) is 10.1 Å². The van der Waals surface area contributed by atoms with E-state index >= 15 is 0 Å². The number of halogens is 1. The Kier molecular flexibility index (Phi) is 5.49. The fourth-order valence-electron chi connectivity index (χ4n) is 4.77. The molecule has 1 spiro atoms. The first-order valence-electron chi connectivity index (χ1n) is 9.78. The van der Waals surface area contributed by atoms with Crippen LogP contribution in [0.25, 0.3) is 0 Å². The van der Waals surface area contributed by atoms with Gasteiger partial charge in [-0.1, -0.05) is 30.9 Å². The number of methoxy groups -OCH3 is 1. The first kappa shape index (κ1) is 21.3. The molecule has 0 aliphatic carbocycles. The van der Waals surface area contributed by atoms with Gasteiger partial charge >= 0.3 is 0 Å². The van der Waals surface area contributed by atoms with E-state index in [-0.39, 0.29) is 17.6 Å². The normalized spacial score (nSPS) is 26.4. The summed E-state index contributed by atoms with van der Waals surface area (Å²) < 4.78 is 11.8. The van der Waals surface area contributed by atoms with Crippen LogP contribution in [-0.4, -0.2) is 36.6 Å². The third-order valence-electron chi connectivity index (χ3n) is 5.95. The smallest absolute Gasteiger partial charge is 0.256 e. The molecule has 1 amide bonds. The summed E-state index contributed by atoms with van der Waals surface area (Å²) in [7, 11) is 1.51. The second-order valence-electron chi connectivity index (χ2n) is 7.63. The monoisotopic (exact) mass is 487 g/mol. The SMILES string of the molecule is C=CCOc1c(Br)cc([C@@H]2[C@H](C)N[C@@]3(C(=O)Nc4ccccc43)[C@@H]2[N+](=O)[O-])cc1OC. The molecule has 0 unspecified atom stereocenters. The van der Waals surface area contributed by atoms with Gasteiger partial charge in [0.1, 0.15) is 6.61 Å². The fraction of sp³-hybridized carbons (Fsp3) is 0.318. The molecule has 0 saturated carbocycles. The predicted octanol–water partition coefficient (Wildman–Crippen LogP) is 3.59. The second kappa shape index (κ2) is 7.97. The zero-order valence-corrected chi connectivity index (χ0v) is 18.6. The summed E-state index contributed by atoms with van der Waals surface area (Å²) in [6, 6.07) is 9.03. The van der Waals surface area contributed by atoms with Crippen molar-refractivity contribution in [3.63, 3.8) is 0 Å². The number of carbonyl (C=O) groups excluding carboxylic acids is 1. The van der Waals surface area contributed by atoms with Gasteiger partial charge < -0.3 is 14.8 Å². The molecule has 2 N–H and O–H groups in total. The van der Waals surface area contributed by atoms with Crippen molar-refractivity contribution in [1.29, 1.82) is 0 Å². The minimum Gasteiger partial charge on any atom is -0.493 e. The van der Waals surface area contributed by atoms with Gasteiger partial charge in [-0.05, 0) is 46.6 Å². The van der Waals surface area contributed by atoms with E-state index in [1.54, 1.807) is 42.5 Å². The van der Waals surface area contributed by atoms with Crippen molar-refractivity contribution in [2.75, 3.05) is 19.0 Å². The predicted molar refractivity (Wildman–Crippen MR) is 119 cm³/mol. The Hall–Kier alpha value is -2.91. The number of nitro groups is 1. The van der Waals surface area contributed by atoms with Gasteiger partial charge in [-0.25, -0.2) is 0 Å². The maximum absolute atomic E-state index is 13.1. The van der Waals surface area contributed by atoms with Crippen molar-refractivity contribution in [2.24, 2.45) is 0 Å². The highest BCUT2D eigenvalue weighted by Crippen LogP contribution is 2.51. The Balaban J connectivity index is 1.85. The molecule has 0 aromatic heterocycles. The molecule has 2 aromatic carbocycles. The van der Waals surface area contributed by atoms with Crippen LogP contribution in [0.1, 0.15) is 24.0 Å². The third kappa shape index (κ3) is 3.19. The Bertz CT molecular complexity index is 1080. The van der Waals surface area contributed by atoms with Gasteiger partial charge in [-0.3, -0.25) is 20.2 Å². The summed E-state index contributed by atoms with van der Waals surface area (Å²) in [4.78, 5) is 25.2. The van der Waals surface area contributed by atoms with Crippen LogP contribution in [-0.2, 0) is 10.3 Å². The Morgan fingerprint density at radius 2 is 2.10 bits per heavy atom. The van der Waals surface area contributed by atoms with Gasteiger partial charge in [0.15, 0.2) is 17.0 Å². The molecule has 4 atom stereocenters. The fourth-order valence-corrected chi connectivity index (χ4v) is 5.34. The van der Waals surface area contributed by atoms with Gasteiger partial charge in [-0.15, -0.1) is 0 Å². The Morgan fingerprint density at radius 3 is 2.77 bits per heavy atom. The first-order valence-corrected chi connectivity index (χ1v) is 10.6. The summed E-state index contributed by atoms with van der Waals surface area (Å²) in [6.07, 6.45) is 1.62. The highest BCUT2D eigenvalue weighted by Gasteiger charge is 2.67. The van der Waals surface area contributed by atoms with Gasteiger partial charge in [-0.2, -0.15) is 0 Å². The number of carbonyl (C=O) groups is 1. The number of anilines is 1. The lowest BCUT2D eigenvalue weighted by molar-refractivity contribution is -0.532. The quantitative estimate of drug-likeness (QED) is 0.366. The van der Waals surface area contributed by atoms with Crippen LogP contribution in [0.3, 0.4) is 0 Å². The minimum absolute atomic E-state index is 0.285. The molecule has 4 rings (SSSR count). The number of rotatable bonds is 6. The van der Waals surface area contributed by atoms with Crippen molar-refractivity contribution >= 4 is 27.5 Å². The molecule has 2 aliphatic heterocycles. The Morgan fingerprint density at radius 1 is 1.35 bits per heavy atom. The van der Waals surface area contributed by atoms with Crippen LogP contribution in [0.4, 0.5) is 5.69 Å². The molecule has 162 valence electrons. The van der Waals surface area contributed by atoms with Gasteiger partial charge in [0, 0.05) is 22.2 Å². The molecule has 9 heteroatoms. The van der Waals surface area contributed by atoms with Crippen molar-refractivity contribution < 1.29 is 19.2 Å². The topological polar surface area (TPSA) is 103 Å². The number of hydrogen-bond donors (Lipinski definition) is 2. The maximum Gasteiger partial charge on any atom is 0.256 e. The summed E-state index contributed by atoms with van der Waals surface area (Å²) >= 11 is 3.50. The molecular weight excluding hydrogens is 466 g/mol. The third-order valence-corrected chi connectivity index (χ3v) is 6.53. The molecule has 0 bridgehead atoms. The van der Waals surface area contributed by atoms with Crippen LogP contribution < -0.4 is 20.1 Å². The zero-order chi connectivity index (χ0) is 22.3. The number of nitrogens with one attached hydrogen (secondary N) is 2. The summed E-state index contributed by atoms with van der Waals surface area (Å²) in [5.41, 5.74) is 0.395. The van der Waals surface area contributed by atoms with Crippen LogP contribution >= 0.6 is 15.9 Å². The lowest BCUT2D eigenvalue weighted by Crippen LogP contribution is -2.54. The maximum atomic E-state index is 13.1. The highest BCUT2D eigenvalue weighted by molar-refractivity contribution is 9.10. The lowest BCUT2D eigenvalue weighted by Gasteiger charge is -2.25. The molecule has 2 heterocycles. The minimum atomic E-state index is -1.46. The number of fused-ring (bicyclic) bond motifs is 2. The van der Waals surface area contributed by atoms with Gasteiger partial charge in [0.05, 0.1) is 17.5 Å². The Labute approximate surface area is 187 Å². The van der Waals surface area contributed by atoms with E-state index in [0.717, 1.165) is 0 Å². The van der Waals surface area contributed by atoms with E-state index < -0.39 is 23.4 Å². The highest BCUT2D eigenvalue weighted by atomic mass is 79.9. The van der Waals surface area contributed by atoms with Crippen molar-refractivity contribution in [2.45, 2.75) is 30.5 Å². The van der Waals surface area contributed by atoms with Crippen molar-refractivity contribution in [1.82, 2.24) is 5.32 Å². The largest absolute Gasteiger partial charge is 0.493 e. The number of para-hydroxylation sites is 1. The number of ether oxygens (including phenoxy) is 2. The molecule has 2 aliphatic rings. The van der Waals surface area contributed by atoms with E-state index in [1.807, 2.05) is 6.92 Å². The average molecular weight is 488 g/mol. The van der Waals surface area contributed by atoms with Gasteiger partial charge in [0.2, 0.25) is 0 Å². The standard InChI is InChI=1S/C22H22BrN3O5/c1-4-9-31-19-15(23)10-13(11-17(19)30-3)18-12(2)25-22(20(18)26(28)29)14-7-5-6-8-16(14)24-21(22)27/h4-8,10-12,18,20,25H,1,9H2,2-3H3,(H,24,27)/t12-,18-,20+,22+/m0/s1. The van der Waals surface area contributed by atoms with E-state index in [4.69, 9.17) is 9.47 Å². The molecule has 1 saturated heterocycles. The number of nitrogens with zero attached hydrogens (tertiary/aromatic N) is 1. The summed E-state index contributed by atoms with van der Waals surface area (Å²) in [6.45, 7) is 5.78. The second-order valence-corrected chi connectivity index (χ2v) is 8.48. The molecular formula is C22H22BrN3O5. The lowest BCUT2D eigenvalue weighted by atomic mass is 9.78. The summed E-state index contributed by atoms with van der Waals surface area (Å²) in [5, 5.41) is 18.5. The summed E-state index contributed by atoms with van der Waals surface area (Å²) in [5.74, 6) is -0.0777. The van der Waals surface area contributed by atoms with Crippen molar-refractivity contribution in [3.05, 3.63) is 74.8 Å². The average Bonchev–Trinajstić information content (AvgIpc) is 3.21. The van der Waals surface area contributed by atoms with E-state index in [2.05, 4.69) is 33.1 Å². The molecule has 2 aromatic rings. The molecule has 1 fully saturated rings. The van der Waals surface area contributed by atoms with Crippen molar-refractivity contribution in [3.8, 4) is 11.5 Å². The molecule has 8 nitrogen and oxygen atoms in total. The van der Waals surface area contributed by atoms with Crippen LogP contribution in [0.2, 0.25) is 0 Å². The zero-order valence-electron chi connectivity index (χ0n) is 17.1.